The quantitative estimate of drug-likeness (QED) is 0.735. The molecule has 1 aromatic carbocycles. The van der Waals surface area contributed by atoms with Crippen molar-refractivity contribution in [2.24, 2.45) is 0 Å². The Balaban J connectivity index is 2.19. The summed E-state index contributed by atoms with van der Waals surface area (Å²) < 4.78 is 17.9. The first-order valence-electron chi connectivity index (χ1n) is 5.95. The van der Waals surface area contributed by atoms with Gasteiger partial charge in [0.25, 0.3) is 0 Å². The molecular formula is C13H20ClFN2O. The maximum Gasteiger partial charge on any atom is 0.141 e. The van der Waals surface area contributed by atoms with Crippen LogP contribution in [0.4, 0.5) is 4.39 Å². The summed E-state index contributed by atoms with van der Waals surface area (Å²) in [5.41, 5.74) is 0.987. The molecule has 0 fully saturated rings. The number of likely N-dealkylation sites (N-methyl/N-ethyl adjacent to an activating group) is 1. The Kier molecular flexibility index (Phi) is 7.20. The normalized spacial score (nSPS) is 11.2. The van der Waals surface area contributed by atoms with Gasteiger partial charge < -0.3 is 15.0 Å². The SMILES string of the molecule is COCCN(C)CCNCc1ccc(F)c(Cl)c1. The van der Waals surface area contributed by atoms with Crippen molar-refractivity contribution in [1.29, 1.82) is 0 Å². The molecule has 0 aliphatic heterocycles. The fraction of sp³-hybridized carbons (Fsp3) is 0.538. The van der Waals surface area contributed by atoms with E-state index in [2.05, 4.69) is 17.3 Å². The number of rotatable bonds is 8. The molecule has 0 amide bonds. The lowest BCUT2D eigenvalue weighted by Gasteiger charge is -2.16. The number of halogens is 2. The summed E-state index contributed by atoms with van der Waals surface area (Å²) in [5, 5.41) is 3.46. The van der Waals surface area contributed by atoms with Crippen LogP contribution in [0.15, 0.2) is 18.2 Å². The van der Waals surface area contributed by atoms with Crippen LogP contribution in [0.3, 0.4) is 0 Å². The third-order valence-corrected chi connectivity index (χ3v) is 2.95. The van der Waals surface area contributed by atoms with Gasteiger partial charge in [-0.1, -0.05) is 17.7 Å². The third-order valence-electron chi connectivity index (χ3n) is 2.66. The first-order chi connectivity index (χ1) is 8.63. The molecule has 1 rings (SSSR count). The third kappa shape index (κ3) is 5.78. The lowest BCUT2D eigenvalue weighted by Crippen LogP contribution is -2.31. The Labute approximate surface area is 113 Å². The van der Waals surface area contributed by atoms with E-state index in [9.17, 15) is 4.39 Å². The van der Waals surface area contributed by atoms with Crippen LogP contribution >= 0.6 is 11.6 Å². The second-order valence-corrected chi connectivity index (χ2v) is 4.63. The Bertz CT molecular complexity index is 363. The zero-order valence-corrected chi connectivity index (χ0v) is 11.6. The zero-order valence-electron chi connectivity index (χ0n) is 10.9. The van der Waals surface area contributed by atoms with Gasteiger partial charge in [0.1, 0.15) is 5.82 Å². The van der Waals surface area contributed by atoms with E-state index in [4.69, 9.17) is 16.3 Å². The van der Waals surface area contributed by atoms with Gasteiger partial charge in [0.2, 0.25) is 0 Å². The van der Waals surface area contributed by atoms with Gasteiger partial charge in [0.15, 0.2) is 0 Å². The molecule has 0 aliphatic carbocycles. The topological polar surface area (TPSA) is 24.5 Å². The Morgan fingerprint density at radius 2 is 2.17 bits per heavy atom. The van der Waals surface area contributed by atoms with E-state index >= 15 is 0 Å². The fourth-order valence-electron chi connectivity index (χ4n) is 1.51. The molecule has 102 valence electrons. The Hall–Kier alpha value is -0.680. The molecule has 0 heterocycles. The van der Waals surface area contributed by atoms with Crippen LogP contribution in [-0.2, 0) is 11.3 Å². The molecule has 18 heavy (non-hydrogen) atoms. The van der Waals surface area contributed by atoms with E-state index in [1.54, 1.807) is 19.2 Å². The molecule has 0 atom stereocenters. The number of hydrogen-bond donors (Lipinski definition) is 1. The molecular weight excluding hydrogens is 255 g/mol. The number of nitrogens with one attached hydrogen (secondary N) is 1. The minimum Gasteiger partial charge on any atom is -0.383 e. The number of benzene rings is 1. The molecule has 0 unspecified atom stereocenters. The number of ether oxygens (including phenoxy) is 1. The second kappa shape index (κ2) is 8.43. The molecule has 0 aliphatic rings. The van der Waals surface area contributed by atoms with Gasteiger partial charge in [-0.05, 0) is 24.7 Å². The van der Waals surface area contributed by atoms with E-state index in [1.807, 2.05) is 0 Å². The van der Waals surface area contributed by atoms with Crippen LogP contribution in [0.2, 0.25) is 5.02 Å². The van der Waals surface area contributed by atoms with Crippen molar-refractivity contribution in [3.8, 4) is 0 Å². The highest BCUT2D eigenvalue weighted by Gasteiger charge is 2.01. The molecule has 3 nitrogen and oxygen atoms in total. The van der Waals surface area contributed by atoms with Crippen molar-refractivity contribution in [3.05, 3.63) is 34.6 Å². The lowest BCUT2D eigenvalue weighted by atomic mass is 10.2. The van der Waals surface area contributed by atoms with Gasteiger partial charge in [-0.25, -0.2) is 4.39 Å². The van der Waals surface area contributed by atoms with Gasteiger partial charge in [-0.3, -0.25) is 0 Å². The molecule has 1 aromatic rings. The van der Waals surface area contributed by atoms with Crippen LogP contribution in [0.5, 0.6) is 0 Å². The van der Waals surface area contributed by atoms with Gasteiger partial charge >= 0.3 is 0 Å². The number of nitrogens with zero attached hydrogens (tertiary/aromatic N) is 1. The molecule has 1 N–H and O–H groups in total. The van der Waals surface area contributed by atoms with E-state index in [0.29, 0.717) is 6.54 Å². The predicted octanol–water partition coefficient (Wildman–Crippen LogP) is 2.15. The highest BCUT2D eigenvalue weighted by molar-refractivity contribution is 6.30. The molecule has 0 spiro atoms. The van der Waals surface area contributed by atoms with Gasteiger partial charge in [0, 0.05) is 33.3 Å². The summed E-state index contributed by atoms with van der Waals surface area (Å²) in [6.45, 7) is 4.16. The van der Waals surface area contributed by atoms with E-state index in [0.717, 1.165) is 31.8 Å². The number of methoxy groups -OCH3 is 1. The van der Waals surface area contributed by atoms with Gasteiger partial charge in [-0.15, -0.1) is 0 Å². The molecule has 0 saturated heterocycles. The standard InChI is InChI=1S/C13H20ClFN2O/c1-17(7-8-18-2)6-5-16-10-11-3-4-13(15)12(14)9-11/h3-4,9,16H,5-8,10H2,1-2H3. The lowest BCUT2D eigenvalue weighted by molar-refractivity contribution is 0.161. The first-order valence-corrected chi connectivity index (χ1v) is 6.33. The minimum absolute atomic E-state index is 0.173. The second-order valence-electron chi connectivity index (χ2n) is 4.22. The average molecular weight is 275 g/mol. The summed E-state index contributed by atoms with van der Waals surface area (Å²) >= 11 is 5.71. The van der Waals surface area contributed by atoms with Crippen molar-refractivity contribution < 1.29 is 9.13 Å². The Morgan fingerprint density at radius 3 is 2.83 bits per heavy atom. The summed E-state index contributed by atoms with van der Waals surface area (Å²) in [4.78, 5) is 2.19. The molecule has 0 radical (unpaired) electrons. The van der Waals surface area contributed by atoms with Crippen molar-refractivity contribution in [1.82, 2.24) is 10.2 Å². The zero-order chi connectivity index (χ0) is 13.4. The molecule has 0 saturated carbocycles. The molecule has 5 heteroatoms. The van der Waals surface area contributed by atoms with Crippen LogP contribution in [0.1, 0.15) is 5.56 Å². The monoisotopic (exact) mass is 274 g/mol. The van der Waals surface area contributed by atoms with E-state index in [-0.39, 0.29) is 10.8 Å². The van der Waals surface area contributed by atoms with Gasteiger partial charge in [-0.2, -0.15) is 0 Å². The fourth-order valence-corrected chi connectivity index (χ4v) is 1.71. The summed E-state index contributed by atoms with van der Waals surface area (Å²) in [6, 6.07) is 4.78. The van der Waals surface area contributed by atoms with Crippen LogP contribution in [0, 0.1) is 5.82 Å². The largest absolute Gasteiger partial charge is 0.383 e. The van der Waals surface area contributed by atoms with Crippen LogP contribution in [-0.4, -0.2) is 45.3 Å². The molecule has 0 bridgehead atoms. The smallest absolute Gasteiger partial charge is 0.141 e. The minimum atomic E-state index is -0.375. The summed E-state index contributed by atoms with van der Waals surface area (Å²) in [6.07, 6.45) is 0. The average Bonchev–Trinajstić information content (AvgIpc) is 2.36. The van der Waals surface area contributed by atoms with E-state index < -0.39 is 0 Å². The van der Waals surface area contributed by atoms with Crippen molar-refractivity contribution in [2.45, 2.75) is 6.54 Å². The molecule has 0 aromatic heterocycles. The van der Waals surface area contributed by atoms with Crippen LogP contribution in [0.25, 0.3) is 0 Å². The summed E-state index contributed by atoms with van der Waals surface area (Å²) in [5.74, 6) is -0.375. The highest BCUT2D eigenvalue weighted by atomic mass is 35.5. The van der Waals surface area contributed by atoms with Gasteiger partial charge in [0.05, 0.1) is 11.6 Å². The number of hydrogen-bond acceptors (Lipinski definition) is 3. The van der Waals surface area contributed by atoms with Crippen molar-refractivity contribution in [2.75, 3.05) is 40.4 Å². The van der Waals surface area contributed by atoms with Crippen molar-refractivity contribution >= 4 is 11.6 Å². The predicted molar refractivity (Wildman–Crippen MR) is 72.5 cm³/mol. The van der Waals surface area contributed by atoms with E-state index in [1.165, 1.54) is 6.07 Å². The Morgan fingerprint density at radius 1 is 1.39 bits per heavy atom. The first kappa shape index (κ1) is 15.4. The highest BCUT2D eigenvalue weighted by Crippen LogP contribution is 2.15. The maximum absolute atomic E-state index is 12.9. The van der Waals surface area contributed by atoms with Crippen LogP contribution < -0.4 is 5.32 Å². The summed E-state index contributed by atoms with van der Waals surface area (Å²) in [7, 11) is 3.75. The maximum atomic E-state index is 12.9. The van der Waals surface area contributed by atoms with Crippen molar-refractivity contribution in [3.63, 3.8) is 0 Å².